The highest BCUT2D eigenvalue weighted by atomic mass is 16.5. The van der Waals surface area contributed by atoms with Crippen molar-refractivity contribution < 1.29 is 14.3 Å². The average Bonchev–Trinajstić information content (AvgIpc) is 2.83. The molecule has 0 saturated heterocycles. The van der Waals surface area contributed by atoms with Gasteiger partial charge in [0.15, 0.2) is 0 Å². The third kappa shape index (κ3) is 2.45. The Morgan fingerprint density at radius 2 is 2.00 bits per heavy atom. The van der Waals surface area contributed by atoms with Crippen LogP contribution in [0.15, 0.2) is 47.7 Å². The summed E-state index contributed by atoms with van der Waals surface area (Å²) >= 11 is 0. The zero-order chi connectivity index (χ0) is 13.0. The van der Waals surface area contributed by atoms with Crippen LogP contribution in [0.3, 0.4) is 0 Å². The van der Waals surface area contributed by atoms with Crippen molar-refractivity contribution >= 4 is 11.5 Å². The summed E-state index contributed by atoms with van der Waals surface area (Å²) in [7, 11) is 1.39. The lowest BCUT2D eigenvalue weighted by molar-refractivity contribution is -0.136. The number of esters is 1. The van der Waals surface area contributed by atoms with E-state index in [9.17, 15) is 4.79 Å². The molecule has 0 aromatic heterocycles. The largest absolute Gasteiger partial charge is 0.493 e. The van der Waals surface area contributed by atoms with Crippen molar-refractivity contribution in [1.82, 2.24) is 0 Å². The Hall–Kier alpha value is -2.03. The van der Waals surface area contributed by atoms with E-state index in [1.54, 1.807) is 0 Å². The van der Waals surface area contributed by atoms with Crippen molar-refractivity contribution in [2.75, 3.05) is 13.7 Å². The van der Waals surface area contributed by atoms with Gasteiger partial charge in [-0.1, -0.05) is 30.3 Å². The molecule has 1 aliphatic carbocycles. The van der Waals surface area contributed by atoms with E-state index < -0.39 is 0 Å². The van der Waals surface area contributed by atoms with Crippen LogP contribution < -0.4 is 0 Å². The van der Waals surface area contributed by atoms with E-state index in [0.717, 1.165) is 11.1 Å². The molecule has 0 N–H and O–H groups in total. The van der Waals surface area contributed by atoms with Crippen LogP contribution in [-0.2, 0) is 14.3 Å². The number of carbonyl (C=O) groups excluding carboxylic acids is 1. The number of hydrogen-bond donors (Lipinski definition) is 0. The summed E-state index contributed by atoms with van der Waals surface area (Å²) in [6.45, 7) is 2.44. The molecule has 2 rings (SSSR count). The molecule has 0 atom stereocenters. The highest BCUT2D eigenvalue weighted by Crippen LogP contribution is 2.33. The molecular formula is C15H16O3. The maximum Gasteiger partial charge on any atom is 0.337 e. The van der Waals surface area contributed by atoms with Gasteiger partial charge in [0.1, 0.15) is 5.76 Å². The van der Waals surface area contributed by atoms with E-state index in [0.29, 0.717) is 24.4 Å². The van der Waals surface area contributed by atoms with E-state index in [-0.39, 0.29) is 5.97 Å². The Kier molecular flexibility index (Phi) is 3.82. The Balaban J connectivity index is 2.26. The van der Waals surface area contributed by atoms with Gasteiger partial charge in [-0.3, -0.25) is 0 Å². The molecule has 94 valence electrons. The smallest absolute Gasteiger partial charge is 0.337 e. The van der Waals surface area contributed by atoms with Crippen LogP contribution in [0.4, 0.5) is 0 Å². The Morgan fingerprint density at radius 1 is 1.28 bits per heavy atom. The molecule has 1 aromatic rings. The van der Waals surface area contributed by atoms with E-state index in [2.05, 4.69) is 0 Å². The molecule has 0 radical (unpaired) electrons. The summed E-state index contributed by atoms with van der Waals surface area (Å²) in [5.41, 5.74) is 2.78. The molecule has 0 unspecified atom stereocenters. The fourth-order valence-corrected chi connectivity index (χ4v) is 1.99. The summed E-state index contributed by atoms with van der Waals surface area (Å²) in [4.78, 5) is 11.7. The minimum absolute atomic E-state index is 0.319. The zero-order valence-electron chi connectivity index (χ0n) is 10.6. The topological polar surface area (TPSA) is 35.5 Å². The van der Waals surface area contributed by atoms with E-state index in [4.69, 9.17) is 9.47 Å². The molecule has 0 spiro atoms. The molecule has 0 amide bonds. The number of carbonyl (C=O) groups is 1. The van der Waals surface area contributed by atoms with Gasteiger partial charge in [0.25, 0.3) is 0 Å². The number of methoxy groups -OCH3 is 1. The van der Waals surface area contributed by atoms with E-state index in [1.165, 1.54) is 7.11 Å². The third-order valence-corrected chi connectivity index (χ3v) is 2.85. The highest BCUT2D eigenvalue weighted by Gasteiger charge is 2.24. The van der Waals surface area contributed by atoms with Crippen LogP contribution in [0.25, 0.3) is 5.57 Å². The Bertz CT molecular complexity index is 498. The van der Waals surface area contributed by atoms with Crippen LogP contribution in [0.2, 0.25) is 0 Å². The van der Waals surface area contributed by atoms with Crippen molar-refractivity contribution in [3.8, 4) is 0 Å². The normalized spacial score (nSPS) is 14.4. The maximum atomic E-state index is 11.7. The quantitative estimate of drug-likeness (QED) is 0.764. The Labute approximate surface area is 107 Å². The summed E-state index contributed by atoms with van der Waals surface area (Å²) in [6, 6.07) is 9.97. The molecule has 0 aliphatic heterocycles. The first kappa shape index (κ1) is 12.4. The SMILES string of the molecule is CCOC1=C(C(=O)OC)CC(c2ccccc2)=C1. The molecule has 3 nitrogen and oxygen atoms in total. The third-order valence-electron chi connectivity index (χ3n) is 2.85. The molecule has 0 saturated carbocycles. The number of hydrogen-bond acceptors (Lipinski definition) is 3. The van der Waals surface area contributed by atoms with Gasteiger partial charge in [-0.25, -0.2) is 4.79 Å². The summed E-state index contributed by atoms with van der Waals surface area (Å²) in [5.74, 6) is 0.309. The number of rotatable bonds is 4. The van der Waals surface area contributed by atoms with Crippen molar-refractivity contribution in [3.05, 3.63) is 53.3 Å². The van der Waals surface area contributed by atoms with Gasteiger partial charge >= 0.3 is 5.97 Å². The Morgan fingerprint density at radius 3 is 2.61 bits per heavy atom. The predicted octanol–water partition coefficient (Wildman–Crippen LogP) is 2.94. The first-order valence-electron chi connectivity index (χ1n) is 5.96. The molecule has 18 heavy (non-hydrogen) atoms. The second kappa shape index (κ2) is 5.54. The number of ether oxygens (including phenoxy) is 2. The van der Waals surface area contributed by atoms with Gasteiger partial charge in [-0.2, -0.15) is 0 Å². The van der Waals surface area contributed by atoms with Gasteiger partial charge in [0.05, 0.1) is 19.3 Å². The first-order chi connectivity index (χ1) is 8.76. The average molecular weight is 244 g/mol. The molecular weight excluding hydrogens is 228 g/mol. The second-order valence-electron chi connectivity index (χ2n) is 3.98. The van der Waals surface area contributed by atoms with Crippen LogP contribution in [0.5, 0.6) is 0 Å². The predicted molar refractivity (Wildman–Crippen MR) is 69.7 cm³/mol. The van der Waals surface area contributed by atoms with Crippen LogP contribution in [0, 0.1) is 0 Å². The van der Waals surface area contributed by atoms with Gasteiger partial charge in [-0.05, 0) is 24.1 Å². The summed E-state index contributed by atoms with van der Waals surface area (Å²) < 4.78 is 10.3. The summed E-state index contributed by atoms with van der Waals surface area (Å²) in [5, 5.41) is 0. The molecule has 0 fully saturated rings. The molecule has 3 heteroatoms. The van der Waals surface area contributed by atoms with Gasteiger partial charge in [-0.15, -0.1) is 0 Å². The fraction of sp³-hybridized carbons (Fsp3) is 0.267. The van der Waals surface area contributed by atoms with Crippen molar-refractivity contribution in [1.29, 1.82) is 0 Å². The number of allylic oxidation sites excluding steroid dienone is 2. The zero-order valence-corrected chi connectivity index (χ0v) is 10.6. The van der Waals surface area contributed by atoms with Crippen LogP contribution >= 0.6 is 0 Å². The van der Waals surface area contributed by atoms with Crippen molar-refractivity contribution in [3.63, 3.8) is 0 Å². The van der Waals surface area contributed by atoms with Gasteiger partial charge in [0, 0.05) is 6.42 Å². The standard InChI is InChI=1S/C15H16O3/c1-3-18-14-10-12(9-13(14)15(16)17-2)11-7-5-4-6-8-11/h4-8,10H,3,9H2,1-2H3. The van der Waals surface area contributed by atoms with Crippen LogP contribution in [-0.4, -0.2) is 19.7 Å². The lowest BCUT2D eigenvalue weighted by Gasteiger charge is -2.05. The second-order valence-corrected chi connectivity index (χ2v) is 3.98. The molecule has 0 heterocycles. The minimum atomic E-state index is -0.319. The lowest BCUT2D eigenvalue weighted by Crippen LogP contribution is -2.06. The lowest BCUT2D eigenvalue weighted by atomic mass is 10.0. The first-order valence-corrected chi connectivity index (χ1v) is 5.96. The van der Waals surface area contributed by atoms with E-state index in [1.807, 2.05) is 43.3 Å². The highest BCUT2D eigenvalue weighted by molar-refractivity contribution is 5.95. The van der Waals surface area contributed by atoms with Crippen molar-refractivity contribution in [2.24, 2.45) is 0 Å². The minimum Gasteiger partial charge on any atom is -0.493 e. The van der Waals surface area contributed by atoms with Crippen LogP contribution in [0.1, 0.15) is 18.9 Å². The number of benzene rings is 1. The van der Waals surface area contributed by atoms with Gasteiger partial charge in [0.2, 0.25) is 0 Å². The molecule has 1 aliphatic rings. The van der Waals surface area contributed by atoms with E-state index >= 15 is 0 Å². The monoisotopic (exact) mass is 244 g/mol. The molecule has 0 bridgehead atoms. The fourth-order valence-electron chi connectivity index (χ4n) is 1.99. The molecule has 1 aromatic carbocycles. The van der Waals surface area contributed by atoms with Crippen molar-refractivity contribution in [2.45, 2.75) is 13.3 Å². The van der Waals surface area contributed by atoms with Gasteiger partial charge < -0.3 is 9.47 Å². The maximum absolute atomic E-state index is 11.7. The summed E-state index contributed by atoms with van der Waals surface area (Å²) in [6.07, 6.45) is 2.48.